The van der Waals surface area contributed by atoms with Crippen LogP contribution in [0.4, 0.5) is 0 Å². The molecule has 0 spiro atoms. The molecule has 7 heteroatoms. The zero-order valence-electron chi connectivity index (χ0n) is 20.3. The Bertz CT molecular complexity index is 1430. The van der Waals surface area contributed by atoms with Crippen LogP contribution < -0.4 is 10.6 Å². The molecule has 0 aromatic heterocycles. The van der Waals surface area contributed by atoms with Crippen LogP contribution in [0, 0.1) is 0 Å². The Balaban J connectivity index is 1.44. The fraction of sp³-hybridized carbons (Fsp3) is 0.129. The average Bonchev–Trinajstić information content (AvgIpc) is 3.29. The van der Waals surface area contributed by atoms with Gasteiger partial charge >= 0.3 is 5.97 Å². The molecular weight excluding hydrogens is 480 g/mol. The second-order valence-corrected chi connectivity index (χ2v) is 9.15. The van der Waals surface area contributed by atoms with Crippen molar-refractivity contribution in [3.63, 3.8) is 0 Å². The van der Waals surface area contributed by atoms with E-state index in [2.05, 4.69) is 10.6 Å². The Hall–Kier alpha value is -4.75. The number of aliphatic hydroxyl groups is 1. The van der Waals surface area contributed by atoms with E-state index in [-0.39, 0.29) is 0 Å². The van der Waals surface area contributed by atoms with Crippen LogP contribution in [-0.2, 0) is 9.59 Å². The predicted molar refractivity (Wildman–Crippen MR) is 142 cm³/mol. The zero-order chi connectivity index (χ0) is 26.6. The summed E-state index contributed by atoms with van der Waals surface area (Å²) in [6.07, 6.45) is -1.75. The van der Waals surface area contributed by atoms with Gasteiger partial charge in [0, 0.05) is 11.5 Å². The summed E-state index contributed by atoms with van der Waals surface area (Å²) in [6.45, 7) is 0. The maximum atomic E-state index is 13.4. The maximum Gasteiger partial charge on any atom is 0.327 e. The lowest BCUT2D eigenvalue weighted by Crippen LogP contribution is -2.52. The van der Waals surface area contributed by atoms with Crippen molar-refractivity contribution in [3.05, 3.63) is 131 Å². The molecule has 4 N–H and O–H groups in total. The van der Waals surface area contributed by atoms with Crippen LogP contribution in [0.25, 0.3) is 11.1 Å². The molecule has 0 saturated carbocycles. The molecular formula is C31H26N2O5. The van der Waals surface area contributed by atoms with Crippen molar-refractivity contribution in [2.45, 2.75) is 24.1 Å². The number of amides is 2. The third-order valence-electron chi connectivity index (χ3n) is 6.84. The van der Waals surface area contributed by atoms with E-state index in [0.717, 1.165) is 22.3 Å². The topological polar surface area (TPSA) is 116 Å². The number of aliphatic hydroxyl groups excluding tert-OH is 1. The highest BCUT2D eigenvalue weighted by Gasteiger charge is 2.40. The first kappa shape index (κ1) is 24.9. The maximum absolute atomic E-state index is 13.4. The van der Waals surface area contributed by atoms with Gasteiger partial charge in [-0.3, -0.25) is 9.59 Å². The van der Waals surface area contributed by atoms with Gasteiger partial charge in [-0.25, -0.2) is 4.79 Å². The highest BCUT2D eigenvalue weighted by atomic mass is 16.4. The van der Waals surface area contributed by atoms with Gasteiger partial charge < -0.3 is 20.8 Å². The number of aliphatic carboxylic acids is 1. The first-order valence-electron chi connectivity index (χ1n) is 12.3. The number of rotatable bonds is 8. The van der Waals surface area contributed by atoms with Crippen LogP contribution in [0.5, 0.6) is 0 Å². The Morgan fingerprint density at radius 1 is 0.658 bits per heavy atom. The highest BCUT2D eigenvalue weighted by molar-refractivity contribution is 5.95. The van der Waals surface area contributed by atoms with Crippen LogP contribution in [0.3, 0.4) is 0 Å². The van der Waals surface area contributed by atoms with Crippen LogP contribution >= 0.6 is 0 Å². The van der Waals surface area contributed by atoms with Crippen LogP contribution in [0.2, 0.25) is 0 Å². The molecule has 190 valence electrons. The minimum Gasteiger partial charge on any atom is -0.480 e. The first-order valence-corrected chi connectivity index (χ1v) is 12.3. The van der Waals surface area contributed by atoms with Gasteiger partial charge in [0.2, 0.25) is 0 Å². The van der Waals surface area contributed by atoms with Crippen molar-refractivity contribution in [3.8, 4) is 11.1 Å². The second kappa shape index (κ2) is 10.7. The number of fused-ring (bicyclic) bond motifs is 3. The van der Waals surface area contributed by atoms with Crippen LogP contribution in [-0.4, -0.2) is 40.1 Å². The molecule has 4 aromatic rings. The fourth-order valence-corrected chi connectivity index (χ4v) is 5.05. The van der Waals surface area contributed by atoms with Gasteiger partial charge in [-0.2, -0.15) is 0 Å². The van der Waals surface area contributed by atoms with Crippen molar-refractivity contribution in [1.29, 1.82) is 0 Å². The molecule has 0 fully saturated rings. The van der Waals surface area contributed by atoms with Gasteiger partial charge in [-0.15, -0.1) is 0 Å². The van der Waals surface area contributed by atoms with Crippen molar-refractivity contribution >= 4 is 17.8 Å². The Kier molecular flexibility index (Phi) is 7.02. The molecule has 3 atom stereocenters. The summed E-state index contributed by atoms with van der Waals surface area (Å²) in [4.78, 5) is 38.8. The molecule has 38 heavy (non-hydrogen) atoms. The smallest absolute Gasteiger partial charge is 0.327 e. The largest absolute Gasteiger partial charge is 0.480 e. The molecule has 1 aliphatic rings. The third-order valence-corrected chi connectivity index (χ3v) is 6.84. The van der Waals surface area contributed by atoms with E-state index in [4.69, 9.17) is 0 Å². The third kappa shape index (κ3) is 4.79. The van der Waals surface area contributed by atoms with Crippen molar-refractivity contribution in [1.82, 2.24) is 10.6 Å². The molecule has 0 bridgehead atoms. The lowest BCUT2D eigenvalue weighted by atomic mass is 9.89. The standard InChI is InChI=1S/C31H26N2O5/c34-28(26(19-11-3-1-4-12-19)32-29(35)20-13-5-2-6-14-20)30(36)33-27(31(37)38)25-23-17-9-7-15-21(23)22-16-8-10-18-24(22)25/h1-18,25-28,34H,(H,32,35)(H,33,36)(H,37,38)/t26-,27-,28+/m0/s1. The SMILES string of the molecule is O=C(N[C@@H](c1ccccc1)[C@@H](O)C(=O)N[C@H](C(=O)O)C1c2ccccc2-c2ccccc21)c1ccccc1. The van der Waals surface area contributed by atoms with E-state index in [0.29, 0.717) is 11.1 Å². The van der Waals surface area contributed by atoms with Crippen LogP contribution in [0.15, 0.2) is 109 Å². The van der Waals surface area contributed by atoms with Crippen molar-refractivity contribution in [2.24, 2.45) is 0 Å². The minimum absolute atomic E-state index is 0.364. The number of carboxylic acids is 1. The summed E-state index contributed by atoms with van der Waals surface area (Å²) in [6, 6.07) is 29.6. The number of benzene rings is 4. The predicted octanol–water partition coefficient (Wildman–Crippen LogP) is 3.90. The number of carbonyl (C=O) groups excluding carboxylic acids is 2. The number of hydrogen-bond acceptors (Lipinski definition) is 4. The second-order valence-electron chi connectivity index (χ2n) is 9.15. The van der Waals surface area contributed by atoms with E-state index < -0.39 is 41.9 Å². The summed E-state index contributed by atoms with van der Waals surface area (Å²) < 4.78 is 0. The molecule has 7 nitrogen and oxygen atoms in total. The molecule has 4 aromatic carbocycles. The molecule has 0 heterocycles. The lowest BCUT2D eigenvalue weighted by Gasteiger charge is -2.28. The van der Waals surface area contributed by atoms with Crippen molar-refractivity contribution < 1.29 is 24.6 Å². The molecule has 5 rings (SSSR count). The number of nitrogens with one attached hydrogen (secondary N) is 2. The van der Waals surface area contributed by atoms with E-state index >= 15 is 0 Å². The number of carboxylic acid groups (broad SMARTS) is 1. The summed E-state index contributed by atoms with van der Waals surface area (Å²) in [7, 11) is 0. The minimum atomic E-state index is -1.75. The van der Waals surface area contributed by atoms with E-state index in [1.165, 1.54) is 0 Å². The van der Waals surface area contributed by atoms with E-state index in [1.807, 2.05) is 48.5 Å². The monoisotopic (exact) mass is 506 g/mol. The fourth-order valence-electron chi connectivity index (χ4n) is 5.05. The van der Waals surface area contributed by atoms with Crippen LogP contribution in [0.1, 0.15) is 39.0 Å². The molecule has 1 aliphatic carbocycles. The first-order chi connectivity index (χ1) is 18.5. The summed E-state index contributed by atoms with van der Waals surface area (Å²) in [5.41, 5.74) is 4.25. The zero-order valence-corrected chi connectivity index (χ0v) is 20.3. The van der Waals surface area contributed by atoms with Gasteiger partial charge in [0.1, 0.15) is 6.04 Å². The summed E-state index contributed by atoms with van der Waals surface area (Å²) in [5, 5.41) is 26.7. The molecule has 0 aliphatic heterocycles. The normalized spacial score (nSPS) is 14.4. The summed E-state index contributed by atoms with van der Waals surface area (Å²) in [5.74, 6) is -3.25. The highest BCUT2D eigenvalue weighted by Crippen LogP contribution is 2.46. The number of hydrogen-bond donors (Lipinski definition) is 4. The van der Waals surface area contributed by atoms with Gasteiger partial charge in [-0.1, -0.05) is 97.1 Å². The van der Waals surface area contributed by atoms with Gasteiger partial charge in [0.05, 0.1) is 6.04 Å². The molecule has 0 saturated heterocycles. The summed E-state index contributed by atoms with van der Waals surface area (Å²) >= 11 is 0. The Labute approximate surface area is 219 Å². The Morgan fingerprint density at radius 3 is 1.71 bits per heavy atom. The van der Waals surface area contributed by atoms with Gasteiger partial charge in [0.15, 0.2) is 6.10 Å². The number of carbonyl (C=O) groups is 3. The Morgan fingerprint density at radius 2 is 1.16 bits per heavy atom. The van der Waals surface area contributed by atoms with Crippen molar-refractivity contribution in [2.75, 3.05) is 0 Å². The van der Waals surface area contributed by atoms with E-state index in [9.17, 15) is 24.6 Å². The quantitative estimate of drug-likeness (QED) is 0.289. The molecule has 0 unspecified atom stereocenters. The molecule has 0 radical (unpaired) electrons. The van der Waals surface area contributed by atoms with Gasteiger partial charge in [0.25, 0.3) is 11.8 Å². The van der Waals surface area contributed by atoms with Gasteiger partial charge in [-0.05, 0) is 39.9 Å². The lowest BCUT2D eigenvalue weighted by molar-refractivity contribution is -0.144. The molecule has 2 amide bonds. The average molecular weight is 507 g/mol. The van der Waals surface area contributed by atoms with E-state index in [1.54, 1.807) is 60.7 Å².